The minimum absolute atomic E-state index is 0.0157. The normalized spacial score (nSPS) is 13.9. The molecule has 4 rings (SSSR count). The molecule has 0 aliphatic carbocycles. The van der Waals surface area contributed by atoms with Crippen LogP contribution in [-0.2, 0) is 13.5 Å². The van der Waals surface area contributed by atoms with E-state index in [1.165, 1.54) is 16.7 Å². The van der Waals surface area contributed by atoms with E-state index in [4.69, 9.17) is 0 Å². The highest BCUT2D eigenvalue weighted by atomic mass is 16.2. The van der Waals surface area contributed by atoms with Crippen molar-refractivity contribution in [3.63, 3.8) is 0 Å². The molecule has 2 amide bonds. The Balaban J connectivity index is 1.58. The number of aryl methyl sites for hydroxylation is 2. The molecule has 0 spiro atoms. The summed E-state index contributed by atoms with van der Waals surface area (Å²) in [4.78, 5) is 25.0. The van der Waals surface area contributed by atoms with Gasteiger partial charge in [-0.1, -0.05) is 19.1 Å². The van der Waals surface area contributed by atoms with Crippen LogP contribution in [0.1, 0.15) is 31.4 Å². The fourth-order valence-electron chi connectivity index (χ4n) is 4.10. The number of urea groups is 1. The fraction of sp³-hybridized carbons (Fsp3) is 0.375. The van der Waals surface area contributed by atoms with Crippen molar-refractivity contribution < 1.29 is 4.79 Å². The largest absolute Gasteiger partial charge is 0.338 e. The van der Waals surface area contributed by atoms with Crippen molar-refractivity contribution in [1.82, 2.24) is 24.8 Å². The standard InChI is InChI=1S/C24H30N6O/c1-5-17-13-19(18-9-11-30(12-10-18)24(31)25-6-2)7-8-21(17)29(4)23-14-22-20(15-26-23)27-16-28(22)3/h7-9,13-16H,5-6,10-12H2,1-4H3,(H,25,31). The highest BCUT2D eigenvalue weighted by Gasteiger charge is 2.18. The Bertz CT molecular complexity index is 1130. The monoisotopic (exact) mass is 418 g/mol. The lowest BCUT2D eigenvalue weighted by Gasteiger charge is -2.27. The molecule has 1 aliphatic heterocycles. The molecular weight excluding hydrogens is 388 g/mol. The molecule has 1 aliphatic rings. The minimum atomic E-state index is 0.0157. The average molecular weight is 419 g/mol. The van der Waals surface area contributed by atoms with Crippen molar-refractivity contribution in [2.24, 2.45) is 7.05 Å². The number of aromatic nitrogens is 3. The van der Waals surface area contributed by atoms with Gasteiger partial charge in [-0.05, 0) is 48.6 Å². The van der Waals surface area contributed by atoms with Gasteiger partial charge in [0.1, 0.15) is 11.3 Å². The molecule has 0 saturated heterocycles. The van der Waals surface area contributed by atoms with Crippen LogP contribution < -0.4 is 10.2 Å². The number of pyridine rings is 1. The summed E-state index contributed by atoms with van der Waals surface area (Å²) in [7, 11) is 4.05. The molecule has 0 saturated carbocycles. The number of nitrogens with zero attached hydrogens (tertiary/aromatic N) is 5. The van der Waals surface area contributed by atoms with Crippen LogP contribution in [0.3, 0.4) is 0 Å². The summed E-state index contributed by atoms with van der Waals surface area (Å²) in [6.07, 6.45) is 7.62. The summed E-state index contributed by atoms with van der Waals surface area (Å²) in [6.45, 7) is 6.18. The second-order valence-corrected chi connectivity index (χ2v) is 7.90. The van der Waals surface area contributed by atoms with Gasteiger partial charge in [-0.2, -0.15) is 0 Å². The lowest BCUT2D eigenvalue weighted by Crippen LogP contribution is -2.41. The molecule has 0 fully saturated rings. The number of nitrogens with one attached hydrogen (secondary N) is 1. The molecule has 31 heavy (non-hydrogen) atoms. The molecule has 2 aromatic heterocycles. The zero-order chi connectivity index (χ0) is 22.0. The second-order valence-electron chi connectivity index (χ2n) is 7.90. The molecule has 162 valence electrons. The van der Waals surface area contributed by atoms with E-state index in [1.54, 1.807) is 0 Å². The molecule has 7 nitrogen and oxygen atoms in total. The summed E-state index contributed by atoms with van der Waals surface area (Å²) in [5.74, 6) is 0.896. The van der Waals surface area contributed by atoms with Gasteiger partial charge in [0, 0.05) is 45.5 Å². The minimum Gasteiger partial charge on any atom is -0.338 e. The third-order valence-electron chi connectivity index (χ3n) is 5.96. The van der Waals surface area contributed by atoms with Crippen LogP contribution in [-0.4, -0.2) is 52.1 Å². The molecule has 0 bridgehead atoms. The van der Waals surface area contributed by atoms with Crippen molar-refractivity contribution in [1.29, 1.82) is 0 Å². The van der Waals surface area contributed by atoms with E-state index in [1.807, 2.05) is 36.0 Å². The molecule has 3 aromatic rings. The Morgan fingerprint density at radius 1 is 1.23 bits per heavy atom. The zero-order valence-electron chi connectivity index (χ0n) is 18.7. The highest BCUT2D eigenvalue weighted by Crippen LogP contribution is 2.32. The zero-order valence-corrected chi connectivity index (χ0v) is 18.7. The topological polar surface area (TPSA) is 66.3 Å². The summed E-state index contributed by atoms with van der Waals surface area (Å²) >= 11 is 0. The van der Waals surface area contributed by atoms with Crippen molar-refractivity contribution in [2.75, 3.05) is 31.6 Å². The Morgan fingerprint density at radius 2 is 2.06 bits per heavy atom. The third-order valence-corrected chi connectivity index (χ3v) is 5.96. The van der Waals surface area contributed by atoms with E-state index < -0.39 is 0 Å². The van der Waals surface area contributed by atoms with Crippen LogP contribution in [0.4, 0.5) is 16.3 Å². The Morgan fingerprint density at radius 3 is 2.77 bits per heavy atom. The van der Waals surface area contributed by atoms with Crippen LogP contribution >= 0.6 is 0 Å². The number of carbonyl (C=O) groups excluding carboxylic acids is 1. The summed E-state index contributed by atoms with van der Waals surface area (Å²) in [5.41, 5.74) is 6.94. The van der Waals surface area contributed by atoms with Gasteiger partial charge in [0.05, 0.1) is 18.0 Å². The molecule has 1 N–H and O–H groups in total. The van der Waals surface area contributed by atoms with Crippen LogP contribution in [0.5, 0.6) is 0 Å². The number of anilines is 2. The highest BCUT2D eigenvalue weighted by molar-refractivity contribution is 5.80. The van der Waals surface area contributed by atoms with Gasteiger partial charge in [0.25, 0.3) is 0 Å². The van der Waals surface area contributed by atoms with Gasteiger partial charge in [0.15, 0.2) is 0 Å². The van der Waals surface area contributed by atoms with Gasteiger partial charge in [0.2, 0.25) is 0 Å². The predicted octanol–water partition coefficient (Wildman–Crippen LogP) is 4.12. The molecular formula is C24H30N6O. The molecule has 0 radical (unpaired) electrons. The average Bonchev–Trinajstić information content (AvgIpc) is 3.18. The van der Waals surface area contributed by atoms with Gasteiger partial charge >= 0.3 is 6.03 Å². The smallest absolute Gasteiger partial charge is 0.317 e. The van der Waals surface area contributed by atoms with Crippen molar-refractivity contribution >= 4 is 34.1 Å². The van der Waals surface area contributed by atoms with E-state index in [-0.39, 0.29) is 6.03 Å². The predicted molar refractivity (Wildman–Crippen MR) is 126 cm³/mol. The first kappa shape index (κ1) is 20.9. The maximum atomic E-state index is 12.1. The molecule has 0 atom stereocenters. The van der Waals surface area contributed by atoms with Gasteiger partial charge < -0.3 is 19.7 Å². The van der Waals surface area contributed by atoms with Crippen molar-refractivity contribution in [3.8, 4) is 0 Å². The number of benzene rings is 1. The van der Waals surface area contributed by atoms with Crippen LogP contribution in [0, 0.1) is 0 Å². The van der Waals surface area contributed by atoms with E-state index >= 15 is 0 Å². The SMILES string of the molecule is CCNC(=O)N1CC=C(c2ccc(N(C)c3cc4c(cn3)ncn4C)c(CC)c2)CC1. The maximum Gasteiger partial charge on any atom is 0.317 e. The first-order chi connectivity index (χ1) is 15.0. The van der Waals surface area contributed by atoms with Gasteiger partial charge in [-0.15, -0.1) is 0 Å². The Kier molecular flexibility index (Phi) is 5.93. The van der Waals surface area contributed by atoms with Gasteiger partial charge in [-0.3, -0.25) is 0 Å². The second kappa shape index (κ2) is 8.79. The fourth-order valence-corrected chi connectivity index (χ4v) is 4.10. The Hall–Kier alpha value is -3.35. The van der Waals surface area contributed by atoms with E-state index in [0.29, 0.717) is 13.1 Å². The van der Waals surface area contributed by atoms with Crippen molar-refractivity contribution in [3.05, 3.63) is 54.0 Å². The van der Waals surface area contributed by atoms with E-state index in [9.17, 15) is 4.79 Å². The lowest BCUT2D eigenvalue weighted by molar-refractivity contribution is 0.203. The molecule has 1 aromatic carbocycles. The molecule has 0 unspecified atom stereocenters. The Labute approximate surface area is 183 Å². The van der Waals surface area contributed by atoms with E-state index in [0.717, 1.165) is 41.9 Å². The number of carbonyl (C=O) groups is 1. The molecule has 3 heterocycles. The number of hydrogen-bond donors (Lipinski definition) is 1. The first-order valence-electron chi connectivity index (χ1n) is 10.9. The van der Waals surface area contributed by atoms with Crippen LogP contribution in [0.2, 0.25) is 0 Å². The number of rotatable bonds is 5. The molecule has 7 heteroatoms. The third kappa shape index (κ3) is 4.13. The quantitative estimate of drug-likeness (QED) is 0.677. The van der Waals surface area contributed by atoms with Crippen LogP contribution in [0.25, 0.3) is 16.6 Å². The van der Waals surface area contributed by atoms with Crippen molar-refractivity contribution in [2.45, 2.75) is 26.7 Å². The number of amides is 2. The number of fused-ring (bicyclic) bond motifs is 1. The summed E-state index contributed by atoms with van der Waals surface area (Å²) < 4.78 is 2.01. The number of hydrogen-bond acceptors (Lipinski definition) is 4. The summed E-state index contributed by atoms with van der Waals surface area (Å²) in [5, 5.41) is 2.88. The number of imidazole rings is 1. The van der Waals surface area contributed by atoms with Crippen LogP contribution in [0.15, 0.2) is 42.9 Å². The first-order valence-corrected chi connectivity index (χ1v) is 10.9. The van der Waals surface area contributed by atoms with E-state index in [2.05, 4.69) is 64.5 Å². The van der Waals surface area contributed by atoms with Gasteiger partial charge in [-0.25, -0.2) is 14.8 Å². The maximum absolute atomic E-state index is 12.1. The summed E-state index contributed by atoms with van der Waals surface area (Å²) in [6, 6.07) is 8.74. The lowest BCUT2D eigenvalue weighted by atomic mass is 9.96.